The lowest BCUT2D eigenvalue weighted by atomic mass is 9.76. The molecule has 0 saturated carbocycles. The molecule has 7 heteroatoms. The highest BCUT2D eigenvalue weighted by Crippen LogP contribution is 2.39. The molecule has 0 bridgehead atoms. The molecule has 0 aromatic heterocycles. The Kier molecular flexibility index (Phi) is 7.48. The average molecular weight is 465 g/mol. The standard InChI is InChI=1S/C27H36BNO5/c1-25(2,3)21-13-14-23(30)20(15-21)16-22(28-33-26(4,5)27(6,7)34-28)17-29-24(31)32-18-19-11-9-8-10-12-19/h8-16,30H,17-18H2,1-7H3,(H,29,31). The molecule has 0 radical (unpaired) electrons. The highest BCUT2D eigenvalue weighted by atomic mass is 16.7. The van der Waals surface area contributed by atoms with E-state index in [-0.39, 0.29) is 24.3 Å². The number of carbonyl (C=O) groups is 1. The first-order valence-electron chi connectivity index (χ1n) is 11.6. The summed E-state index contributed by atoms with van der Waals surface area (Å²) in [7, 11) is -0.683. The first-order chi connectivity index (χ1) is 15.8. The summed E-state index contributed by atoms with van der Waals surface area (Å²) in [5.74, 6) is 0.147. The number of phenolic OH excluding ortho intramolecular Hbond substituents is 1. The Balaban J connectivity index is 1.83. The summed E-state index contributed by atoms with van der Waals surface area (Å²) >= 11 is 0. The van der Waals surface area contributed by atoms with Crippen molar-refractivity contribution in [1.29, 1.82) is 0 Å². The van der Waals surface area contributed by atoms with Crippen LogP contribution < -0.4 is 5.32 Å². The van der Waals surface area contributed by atoms with Gasteiger partial charge in [-0.2, -0.15) is 0 Å². The maximum Gasteiger partial charge on any atom is 0.492 e. The molecule has 1 amide bonds. The summed E-state index contributed by atoms with van der Waals surface area (Å²) in [5, 5.41) is 13.3. The number of aromatic hydroxyl groups is 1. The monoisotopic (exact) mass is 465 g/mol. The number of hydrogen-bond donors (Lipinski definition) is 2. The van der Waals surface area contributed by atoms with E-state index in [0.29, 0.717) is 11.0 Å². The van der Waals surface area contributed by atoms with Crippen LogP contribution in [0.5, 0.6) is 5.75 Å². The van der Waals surface area contributed by atoms with E-state index in [9.17, 15) is 9.90 Å². The normalized spacial score (nSPS) is 17.5. The second-order valence-corrected chi connectivity index (χ2v) is 10.7. The molecule has 34 heavy (non-hydrogen) atoms. The van der Waals surface area contributed by atoms with Gasteiger partial charge in [0.05, 0.1) is 11.2 Å². The first-order valence-corrected chi connectivity index (χ1v) is 11.6. The molecule has 1 fully saturated rings. The Morgan fingerprint density at radius 1 is 1.06 bits per heavy atom. The zero-order chi connectivity index (χ0) is 25.1. The van der Waals surface area contributed by atoms with E-state index in [4.69, 9.17) is 14.0 Å². The largest absolute Gasteiger partial charge is 0.507 e. The molecule has 2 N–H and O–H groups in total. The fourth-order valence-electron chi connectivity index (χ4n) is 3.48. The number of ether oxygens (including phenoxy) is 1. The minimum absolute atomic E-state index is 0.0830. The lowest BCUT2D eigenvalue weighted by Crippen LogP contribution is -2.41. The summed E-state index contributed by atoms with van der Waals surface area (Å²) in [5.41, 5.74) is 2.14. The molecule has 6 nitrogen and oxygen atoms in total. The van der Waals surface area contributed by atoms with Gasteiger partial charge in [0.1, 0.15) is 12.4 Å². The number of rotatable bonds is 6. The minimum Gasteiger partial charge on any atom is -0.507 e. The van der Waals surface area contributed by atoms with Crippen molar-refractivity contribution in [2.24, 2.45) is 0 Å². The highest BCUT2D eigenvalue weighted by molar-refractivity contribution is 6.56. The van der Waals surface area contributed by atoms with Crippen LogP contribution in [0.25, 0.3) is 6.08 Å². The fourth-order valence-corrected chi connectivity index (χ4v) is 3.48. The van der Waals surface area contributed by atoms with Crippen molar-refractivity contribution in [3.05, 3.63) is 70.7 Å². The van der Waals surface area contributed by atoms with Crippen molar-refractivity contribution in [2.75, 3.05) is 6.54 Å². The third-order valence-corrected chi connectivity index (χ3v) is 6.44. The molecule has 2 aromatic rings. The molecule has 0 spiro atoms. The maximum atomic E-state index is 12.4. The van der Waals surface area contributed by atoms with Crippen molar-refractivity contribution in [1.82, 2.24) is 5.32 Å². The summed E-state index contributed by atoms with van der Waals surface area (Å²) in [6, 6.07) is 15.1. The molecule has 0 unspecified atom stereocenters. The third-order valence-electron chi connectivity index (χ3n) is 6.44. The molecule has 2 aromatic carbocycles. The minimum atomic E-state index is -0.683. The Morgan fingerprint density at radius 2 is 1.68 bits per heavy atom. The Hall–Kier alpha value is -2.77. The summed E-state index contributed by atoms with van der Waals surface area (Å²) < 4.78 is 17.8. The zero-order valence-corrected chi connectivity index (χ0v) is 21.3. The number of phenols is 1. The number of carbonyl (C=O) groups excluding carboxylic acids is 1. The molecule has 3 rings (SSSR count). The van der Waals surface area contributed by atoms with E-state index in [1.54, 1.807) is 6.07 Å². The topological polar surface area (TPSA) is 77.0 Å². The van der Waals surface area contributed by atoms with Crippen LogP contribution in [0.2, 0.25) is 0 Å². The second kappa shape index (κ2) is 9.84. The quantitative estimate of drug-likeness (QED) is 0.541. The first kappa shape index (κ1) is 25.9. The van der Waals surface area contributed by atoms with Crippen LogP contribution >= 0.6 is 0 Å². The van der Waals surface area contributed by atoms with Gasteiger partial charge in [-0.1, -0.05) is 63.2 Å². The molecule has 0 atom stereocenters. The number of alkyl carbamates (subject to hydrolysis) is 1. The predicted octanol–water partition coefficient (Wildman–Crippen LogP) is 5.63. The van der Waals surface area contributed by atoms with Gasteiger partial charge in [-0.3, -0.25) is 0 Å². The third kappa shape index (κ3) is 6.22. The van der Waals surface area contributed by atoms with Gasteiger partial charge in [-0.25, -0.2) is 4.79 Å². The predicted molar refractivity (Wildman–Crippen MR) is 135 cm³/mol. The number of hydrogen-bond acceptors (Lipinski definition) is 5. The molecule has 1 saturated heterocycles. The van der Waals surface area contributed by atoms with Gasteiger partial charge in [0.2, 0.25) is 0 Å². The van der Waals surface area contributed by atoms with Gasteiger partial charge >= 0.3 is 13.2 Å². The molecular weight excluding hydrogens is 429 g/mol. The van der Waals surface area contributed by atoms with E-state index < -0.39 is 24.4 Å². The Labute approximate surface area is 203 Å². The number of nitrogens with one attached hydrogen (secondary N) is 1. The number of amides is 1. The van der Waals surface area contributed by atoms with Crippen LogP contribution in [-0.2, 0) is 26.1 Å². The van der Waals surface area contributed by atoms with Gasteiger partial charge < -0.3 is 24.5 Å². The summed E-state index contributed by atoms with van der Waals surface area (Å²) in [6.07, 6.45) is 1.28. The van der Waals surface area contributed by atoms with Crippen LogP contribution in [-0.4, -0.2) is 36.1 Å². The number of benzene rings is 2. The molecule has 182 valence electrons. The van der Waals surface area contributed by atoms with Crippen LogP contribution in [0, 0.1) is 0 Å². The van der Waals surface area contributed by atoms with Gasteiger partial charge in [0, 0.05) is 12.1 Å². The molecule has 0 aliphatic carbocycles. The van der Waals surface area contributed by atoms with Crippen molar-refractivity contribution in [2.45, 2.75) is 71.7 Å². The molecule has 1 aliphatic heterocycles. The molecular formula is C27H36BNO5. The van der Waals surface area contributed by atoms with Crippen LogP contribution in [0.3, 0.4) is 0 Å². The van der Waals surface area contributed by atoms with Crippen LogP contribution in [0.15, 0.2) is 54.0 Å². The maximum absolute atomic E-state index is 12.4. The van der Waals surface area contributed by atoms with Crippen LogP contribution in [0.1, 0.15) is 65.2 Å². The SMILES string of the molecule is CC(C)(C)c1ccc(O)c(C=C(CNC(=O)OCc2ccccc2)B2OC(C)(C)C(C)(C)O2)c1. The van der Waals surface area contributed by atoms with E-state index >= 15 is 0 Å². The van der Waals surface area contributed by atoms with Gasteiger partial charge in [0.25, 0.3) is 0 Å². The van der Waals surface area contributed by atoms with Crippen molar-refractivity contribution < 1.29 is 23.9 Å². The lowest BCUT2D eigenvalue weighted by Gasteiger charge is -2.32. The van der Waals surface area contributed by atoms with E-state index in [1.165, 1.54) is 0 Å². The molecule has 1 heterocycles. The smallest absolute Gasteiger partial charge is 0.492 e. The zero-order valence-electron chi connectivity index (χ0n) is 21.3. The Bertz CT molecular complexity index is 1020. The van der Waals surface area contributed by atoms with E-state index in [2.05, 4.69) is 26.1 Å². The van der Waals surface area contributed by atoms with Crippen molar-refractivity contribution in [3.63, 3.8) is 0 Å². The van der Waals surface area contributed by atoms with Gasteiger partial charge in [-0.15, -0.1) is 0 Å². The lowest BCUT2D eigenvalue weighted by molar-refractivity contribution is 0.00578. The molecule has 1 aliphatic rings. The van der Waals surface area contributed by atoms with Crippen LogP contribution in [0.4, 0.5) is 4.79 Å². The van der Waals surface area contributed by atoms with Gasteiger partial charge in [-0.05, 0) is 61.8 Å². The van der Waals surface area contributed by atoms with E-state index in [1.807, 2.05) is 76.2 Å². The van der Waals surface area contributed by atoms with E-state index in [0.717, 1.165) is 11.1 Å². The summed E-state index contributed by atoms with van der Waals surface area (Å²) in [6.45, 7) is 14.6. The summed E-state index contributed by atoms with van der Waals surface area (Å²) in [4.78, 5) is 12.4. The second-order valence-electron chi connectivity index (χ2n) is 10.7. The van der Waals surface area contributed by atoms with Crippen molar-refractivity contribution >= 4 is 19.3 Å². The van der Waals surface area contributed by atoms with Gasteiger partial charge in [0.15, 0.2) is 0 Å². The fraction of sp³-hybridized carbons (Fsp3) is 0.444. The highest BCUT2D eigenvalue weighted by Gasteiger charge is 2.52. The van der Waals surface area contributed by atoms with Crippen molar-refractivity contribution in [3.8, 4) is 5.75 Å². The Morgan fingerprint density at radius 3 is 2.26 bits per heavy atom. The average Bonchev–Trinajstić information content (AvgIpc) is 2.97.